The minimum Gasteiger partial charge on any atom is -0.419 e. The number of carbonyl (C=O) groups excluding carboxylic acids is 2. The van der Waals surface area contributed by atoms with Crippen molar-refractivity contribution in [3.8, 4) is 0 Å². The summed E-state index contributed by atoms with van der Waals surface area (Å²) in [5, 5.41) is 6.43. The van der Waals surface area contributed by atoms with Crippen LogP contribution < -0.4 is 10.6 Å². The maximum Gasteiger partial charge on any atom is 0.350 e. The van der Waals surface area contributed by atoms with Crippen molar-refractivity contribution in [3.63, 3.8) is 0 Å². The molecule has 0 saturated carbocycles. The lowest BCUT2D eigenvalue weighted by Crippen LogP contribution is -2.42. The maximum atomic E-state index is 12.0. The van der Waals surface area contributed by atoms with Gasteiger partial charge in [-0.3, -0.25) is 0 Å². The van der Waals surface area contributed by atoms with Crippen molar-refractivity contribution < 1.29 is 19.1 Å². The van der Waals surface area contributed by atoms with Gasteiger partial charge in [-0.2, -0.15) is 0 Å². The summed E-state index contributed by atoms with van der Waals surface area (Å²) >= 11 is 0. The molecule has 1 fully saturated rings. The fourth-order valence-electron chi connectivity index (χ4n) is 2.72. The van der Waals surface area contributed by atoms with Crippen molar-refractivity contribution in [1.29, 1.82) is 0 Å². The number of cyclic esters (lactones) is 2. The van der Waals surface area contributed by atoms with Crippen molar-refractivity contribution >= 4 is 23.3 Å². The van der Waals surface area contributed by atoms with E-state index in [0.717, 1.165) is 16.9 Å². The third kappa shape index (κ3) is 4.47. The summed E-state index contributed by atoms with van der Waals surface area (Å²) < 4.78 is 10.2. The van der Waals surface area contributed by atoms with E-state index in [1.165, 1.54) is 20.0 Å². The Balaban J connectivity index is 1.77. The Kier molecular flexibility index (Phi) is 5.16. The quantitative estimate of drug-likeness (QED) is 0.473. The third-order valence-electron chi connectivity index (χ3n) is 4.09. The molecule has 0 spiro atoms. The topological polar surface area (TPSA) is 76.7 Å². The number of carbonyl (C=O) groups is 2. The van der Waals surface area contributed by atoms with Gasteiger partial charge < -0.3 is 20.1 Å². The highest BCUT2D eigenvalue weighted by atomic mass is 16.7. The van der Waals surface area contributed by atoms with E-state index in [1.807, 2.05) is 54.6 Å². The number of hydrogen-bond donors (Lipinski definition) is 2. The van der Waals surface area contributed by atoms with Crippen LogP contribution in [0.15, 0.2) is 66.4 Å². The second kappa shape index (κ2) is 7.53. The van der Waals surface area contributed by atoms with E-state index in [0.29, 0.717) is 0 Å². The molecule has 0 amide bonds. The molecule has 6 heteroatoms. The summed E-state index contributed by atoms with van der Waals surface area (Å²) in [5.74, 6) is -2.69. The standard InChI is InChI=1S/C21H22N2O4/c1-14(15-9-5-4-6-10-15)23-18-12-8-7-11-17(18)22-13-16-19(24)26-21(2,3)27-20(16)25/h4-14,22-23H,1-3H3. The highest BCUT2D eigenvalue weighted by Gasteiger charge is 2.38. The minimum atomic E-state index is -1.25. The third-order valence-corrected chi connectivity index (χ3v) is 4.09. The summed E-state index contributed by atoms with van der Waals surface area (Å²) in [6.07, 6.45) is 1.31. The van der Waals surface area contributed by atoms with Gasteiger partial charge >= 0.3 is 11.9 Å². The largest absolute Gasteiger partial charge is 0.419 e. The van der Waals surface area contributed by atoms with Crippen LogP contribution in [0.5, 0.6) is 0 Å². The van der Waals surface area contributed by atoms with E-state index >= 15 is 0 Å². The molecule has 1 atom stereocenters. The van der Waals surface area contributed by atoms with Crippen molar-refractivity contribution in [2.45, 2.75) is 32.6 Å². The Labute approximate surface area is 158 Å². The predicted molar refractivity (Wildman–Crippen MR) is 103 cm³/mol. The van der Waals surface area contributed by atoms with Crippen LogP contribution in [0, 0.1) is 0 Å². The zero-order valence-corrected chi connectivity index (χ0v) is 15.5. The Bertz CT molecular complexity index is 853. The molecule has 0 radical (unpaired) electrons. The van der Waals surface area contributed by atoms with Gasteiger partial charge in [0.25, 0.3) is 5.79 Å². The van der Waals surface area contributed by atoms with Crippen LogP contribution in [0.4, 0.5) is 11.4 Å². The van der Waals surface area contributed by atoms with Crippen LogP contribution in [0.3, 0.4) is 0 Å². The van der Waals surface area contributed by atoms with Gasteiger partial charge in [0.05, 0.1) is 11.4 Å². The van der Waals surface area contributed by atoms with Crippen LogP contribution in [-0.4, -0.2) is 17.7 Å². The molecule has 0 bridgehead atoms. The zero-order chi connectivity index (χ0) is 19.4. The predicted octanol–water partition coefficient (Wildman–Crippen LogP) is 3.99. The van der Waals surface area contributed by atoms with Crippen LogP contribution in [0.2, 0.25) is 0 Å². The average molecular weight is 366 g/mol. The number of benzene rings is 2. The Morgan fingerprint density at radius 2 is 1.44 bits per heavy atom. The second-order valence-corrected chi connectivity index (χ2v) is 6.70. The van der Waals surface area contributed by atoms with Crippen LogP contribution in [-0.2, 0) is 19.1 Å². The first-order valence-electron chi connectivity index (χ1n) is 8.69. The molecule has 140 valence electrons. The number of para-hydroxylation sites is 2. The number of ether oxygens (including phenoxy) is 2. The van der Waals surface area contributed by atoms with Gasteiger partial charge in [-0.25, -0.2) is 9.59 Å². The molecule has 0 aliphatic carbocycles. The highest BCUT2D eigenvalue weighted by molar-refractivity contribution is 6.15. The van der Waals surface area contributed by atoms with E-state index < -0.39 is 17.7 Å². The summed E-state index contributed by atoms with van der Waals surface area (Å²) in [7, 11) is 0. The molecular weight excluding hydrogens is 344 g/mol. The van der Waals surface area contributed by atoms with E-state index in [4.69, 9.17) is 9.47 Å². The molecule has 27 heavy (non-hydrogen) atoms. The van der Waals surface area contributed by atoms with Crippen LogP contribution in [0.25, 0.3) is 0 Å². The Hall–Kier alpha value is -3.28. The van der Waals surface area contributed by atoms with Crippen LogP contribution >= 0.6 is 0 Å². The van der Waals surface area contributed by atoms with E-state index in [2.05, 4.69) is 17.6 Å². The summed E-state index contributed by atoms with van der Waals surface area (Å²) in [6, 6.07) is 17.7. The molecule has 1 unspecified atom stereocenters. The van der Waals surface area contributed by atoms with Crippen molar-refractivity contribution in [2.75, 3.05) is 10.6 Å². The van der Waals surface area contributed by atoms with Crippen LogP contribution in [0.1, 0.15) is 32.4 Å². The van der Waals surface area contributed by atoms with Crippen molar-refractivity contribution in [3.05, 3.63) is 71.9 Å². The molecule has 2 aromatic carbocycles. The average Bonchev–Trinajstić information content (AvgIpc) is 2.62. The lowest BCUT2D eigenvalue weighted by molar-refractivity contribution is -0.222. The normalized spacial score (nSPS) is 16.8. The maximum absolute atomic E-state index is 12.0. The first-order valence-corrected chi connectivity index (χ1v) is 8.69. The second-order valence-electron chi connectivity index (χ2n) is 6.70. The zero-order valence-electron chi connectivity index (χ0n) is 15.5. The minimum absolute atomic E-state index is 0.0761. The van der Waals surface area contributed by atoms with Gasteiger partial charge in [-0.05, 0) is 24.6 Å². The molecule has 3 rings (SSSR count). The number of anilines is 2. The lowest BCUT2D eigenvalue weighted by atomic mass is 10.1. The molecular formula is C21H22N2O4. The summed E-state index contributed by atoms with van der Waals surface area (Å²) in [4.78, 5) is 24.1. The molecule has 1 heterocycles. The lowest BCUT2D eigenvalue weighted by Gasteiger charge is -2.29. The molecule has 1 aliphatic heterocycles. The fourth-order valence-corrected chi connectivity index (χ4v) is 2.72. The van der Waals surface area contributed by atoms with Gasteiger partial charge in [0.1, 0.15) is 0 Å². The summed E-state index contributed by atoms with van der Waals surface area (Å²) in [5.41, 5.74) is 2.52. The molecule has 6 nitrogen and oxygen atoms in total. The van der Waals surface area contributed by atoms with E-state index in [-0.39, 0.29) is 11.6 Å². The highest BCUT2D eigenvalue weighted by Crippen LogP contribution is 2.27. The Morgan fingerprint density at radius 1 is 0.889 bits per heavy atom. The van der Waals surface area contributed by atoms with Gasteiger partial charge in [0, 0.05) is 26.1 Å². The monoisotopic (exact) mass is 366 g/mol. The first kappa shape index (κ1) is 18.5. The molecule has 0 aromatic heterocycles. The van der Waals surface area contributed by atoms with Crippen molar-refractivity contribution in [1.82, 2.24) is 0 Å². The van der Waals surface area contributed by atoms with Gasteiger partial charge in [-0.1, -0.05) is 42.5 Å². The van der Waals surface area contributed by atoms with Gasteiger partial charge in [0.15, 0.2) is 5.57 Å². The van der Waals surface area contributed by atoms with Crippen molar-refractivity contribution in [2.24, 2.45) is 0 Å². The first-order chi connectivity index (χ1) is 12.9. The van der Waals surface area contributed by atoms with E-state index in [9.17, 15) is 9.59 Å². The molecule has 1 saturated heterocycles. The summed E-state index contributed by atoms with van der Waals surface area (Å²) in [6.45, 7) is 5.08. The van der Waals surface area contributed by atoms with Gasteiger partial charge in [-0.15, -0.1) is 0 Å². The number of nitrogens with one attached hydrogen (secondary N) is 2. The van der Waals surface area contributed by atoms with Gasteiger partial charge in [0.2, 0.25) is 0 Å². The Morgan fingerprint density at radius 3 is 2.07 bits per heavy atom. The number of hydrogen-bond acceptors (Lipinski definition) is 6. The number of rotatable bonds is 5. The SMILES string of the molecule is CC(Nc1ccccc1NC=C1C(=O)OC(C)(C)OC1=O)c1ccccc1. The molecule has 2 aromatic rings. The molecule has 1 aliphatic rings. The molecule has 2 N–H and O–H groups in total. The fraction of sp³-hybridized carbons (Fsp3) is 0.238. The smallest absolute Gasteiger partial charge is 0.350 e. The van der Waals surface area contributed by atoms with E-state index in [1.54, 1.807) is 0 Å². The number of esters is 2.